The molecular formula is C13H13ClN2O. The van der Waals surface area contributed by atoms with Gasteiger partial charge in [0.25, 0.3) is 0 Å². The van der Waals surface area contributed by atoms with E-state index in [-0.39, 0.29) is 0 Å². The lowest BCUT2D eigenvalue weighted by Crippen LogP contribution is -2.07. The second-order valence-electron chi connectivity index (χ2n) is 3.54. The summed E-state index contributed by atoms with van der Waals surface area (Å²) in [5, 5.41) is 3.77. The molecule has 1 aromatic heterocycles. The molecule has 0 amide bonds. The minimum absolute atomic E-state index is 0.662. The van der Waals surface area contributed by atoms with E-state index in [1.807, 2.05) is 37.4 Å². The average molecular weight is 249 g/mol. The van der Waals surface area contributed by atoms with E-state index >= 15 is 0 Å². The van der Waals surface area contributed by atoms with E-state index < -0.39 is 0 Å². The Morgan fingerprint density at radius 1 is 1.29 bits per heavy atom. The van der Waals surface area contributed by atoms with Crippen LogP contribution in [0.15, 0.2) is 42.7 Å². The van der Waals surface area contributed by atoms with Crippen LogP contribution in [0.3, 0.4) is 0 Å². The molecule has 4 heteroatoms. The van der Waals surface area contributed by atoms with Gasteiger partial charge in [0, 0.05) is 23.3 Å². The monoisotopic (exact) mass is 248 g/mol. The molecule has 2 rings (SSSR count). The molecule has 0 saturated carbocycles. The third kappa shape index (κ3) is 2.96. The van der Waals surface area contributed by atoms with E-state index in [0.29, 0.717) is 17.3 Å². The summed E-state index contributed by atoms with van der Waals surface area (Å²) in [6.07, 6.45) is 3.38. The Balaban J connectivity index is 2.29. The van der Waals surface area contributed by atoms with Crippen LogP contribution in [0.1, 0.15) is 5.56 Å². The molecule has 88 valence electrons. The van der Waals surface area contributed by atoms with Crippen LogP contribution >= 0.6 is 11.6 Å². The van der Waals surface area contributed by atoms with Gasteiger partial charge in [-0.05, 0) is 31.3 Å². The van der Waals surface area contributed by atoms with E-state index in [9.17, 15) is 0 Å². The molecule has 0 saturated heterocycles. The Morgan fingerprint density at radius 2 is 2.18 bits per heavy atom. The first-order valence-electron chi connectivity index (χ1n) is 5.31. The quantitative estimate of drug-likeness (QED) is 0.902. The molecule has 17 heavy (non-hydrogen) atoms. The van der Waals surface area contributed by atoms with Gasteiger partial charge in [-0.2, -0.15) is 0 Å². The van der Waals surface area contributed by atoms with Crippen molar-refractivity contribution >= 4 is 11.6 Å². The number of benzene rings is 1. The first-order valence-corrected chi connectivity index (χ1v) is 5.69. The lowest BCUT2D eigenvalue weighted by Gasteiger charge is -2.11. The van der Waals surface area contributed by atoms with Crippen molar-refractivity contribution in [3.63, 3.8) is 0 Å². The van der Waals surface area contributed by atoms with Crippen molar-refractivity contribution in [2.24, 2.45) is 0 Å². The van der Waals surface area contributed by atoms with Gasteiger partial charge in [0.2, 0.25) is 0 Å². The van der Waals surface area contributed by atoms with Crippen molar-refractivity contribution in [3.8, 4) is 11.5 Å². The van der Waals surface area contributed by atoms with E-state index in [0.717, 1.165) is 11.3 Å². The lowest BCUT2D eigenvalue weighted by atomic mass is 10.2. The zero-order chi connectivity index (χ0) is 12.1. The molecule has 0 fully saturated rings. The predicted molar refractivity (Wildman–Crippen MR) is 68.5 cm³/mol. The average Bonchev–Trinajstić information content (AvgIpc) is 2.35. The molecular weight excluding hydrogens is 236 g/mol. The minimum atomic E-state index is 0.662. The predicted octanol–water partition coefficient (Wildman–Crippen LogP) is 3.25. The number of hydrogen-bond acceptors (Lipinski definition) is 3. The van der Waals surface area contributed by atoms with Crippen molar-refractivity contribution in [2.75, 3.05) is 7.05 Å². The summed E-state index contributed by atoms with van der Waals surface area (Å²) in [4.78, 5) is 4.01. The fourth-order valence-corrected chi connectivity index (χ4v) is 1.75. The molecule has 3 nitrogen and oxygen atoms in total. The van der Waals surface area contributed by atoms with Gasteiger partial charge in [0.05, 0.1) is 6.20 Å². The van der Waals surface area contributed by atoms with Crippen LogP contribution in [0, 0.1) is 0 Å². The van der Waals surface area contributed by atoms with E-state index in [1.54, 1.807) is 12.4 Å². The summed E-state index contributed by atoms with van der Waals surface area (Å²) in [5.41, 5.74) is 0.945. The smallest absolute Gasteiger partial charge is 0.145 e. The van der Waals surface area contributed by atoms with Crippen LogP contribution in [0.25, 0.3) is 0 Å². The molecule has 2 aromatic rings. The zero-order valence-corrected chi connectivity index (χ0v) is 10.2. The van der Waals surface area contributed by atoms with Gasteiger partial charge in [0.1, 0.15) is 11.5 Å². The van der Waals surface area contributed by atoms with Gasteiger partial charge >= 0.3 is 0 Å². The highest BCUT2D eigenvalue weighted by molar-refractivity contribution is 6.31. The summed E-state index contributed by atoms with van der Waals surface area (Å²) in [6.45, 7) is 0.662. The normalized spacial score (nSPS) is 10.2. The summed E-state index contributed by atoms with van der Waals surface area (Å²) < 4.78 is 5.76. The molecule has 1 heterocycles. The van der Waals surface area contributed by atoms with Crippen LogP contribution in [-0.2, 0) is 6.54 Å². The van der Waals surface area contributed by atoms with Gasteiger partial charge < -0.3 is 10.1 Å². The Morgan fingerprint density at radius 3 is 2.88 bits per heavy atom. The second-order valence-corrected chi connectivity index (χ2v) is 3.94. The Labute approximate surface area is 105 Å². The Bertz CT molecular complexity index is 488. The molecule has 1 N–H and O–H groups in total. The molecule has 0 bridgehead atoms. The molecule has 1 aromatic carbocycles. The maximum Gasteiger partial charge on any atom is 0.145 e. The highest BCUT2D eigenvalue weighted by Gasteiger charge is 2.08. The van der Waals surface area contributed by atoms with Crippen LogP contribution < -0.4 is 10.1 Å². The van der Waals surface area contributed by atoms with E-state index in [4.69, 9.17) is 16.3 Å². The molecule has 0 spiro atoms. The van der Waals surface area contributed by atoms with Crippen molar-refractivity contribution in [1.29, 1.82) is 0 Å². The number of halogens is 1. The van der Waals surface area contributed by atoms with Gasteiger partial charge in [-0.1, -0.05) is 17.7 Å². The van der Waals surface area contributed by atoms with E-state index in [2.05, 4.69) is 10.3 Å². The number of ether oxygens (including phenoxy) is 1. The first-order chi connectivity index (χ1) is 8.31. The van der Waals surface area contributed by atoms with Crippen LogP contribution in [0.5, 0.6) is 11.5 Å². The van der Waals surface area contributed by atoms with Gasteiger partial charge in [-0.15, -0.1) is 0 Å². The maximum absolute atomic E-state index is 6.14. The molecule has 0 radical (unpaired) electrons. The summed E-state index contributed by atoms with van der Waals surface area (Å²) in [7, 11) is 1.87. The number of rotatable bonds is 4. The summed E-state index contributed by atoms with van der Waals surface area (Å²) >= 11 is 6.14. The third-order valence-electron chi connectivity index (χ3n) is 2.29. The fraction of sp³-hybridized carbons (Fsp3) is 0.154. The molecule has 0 aliphatic heterocycles. The van der Waals surface area contributed by atoms with Gasteiger partial charge in [-0.3, -0.25) is 4.98 Å². The largest absolute Gasteiger partial charge is 0.455 e. The molecule has 0 aliphatic carbocycles. The highest BCUT2D eigenvalue weighted by Crippen LogP contribution is 2.29. The molecule has 0 unspecified atom stereocenters. The molecule has 0 atom stereocenters. The summed E-state index contributed by atoms with van der Waals surface area (Å²) in [6, 6.07) is 9.30. The third-order valence-corrected chi connectivity index (χ3v) is 2.65. The minimum Gasteiger partial charge on any atom is -0.455 e. The lowest BCUT2D eigenvalue weighted by molar-refractivity contribution is 0.472. The number of hydrogen-bond donors (Lipinski definition) is 1. The fourth-order valence-electron chi connectivity index (χ4n) is 1.52. The second kappa shape index (κ2) is 5.66. The topological polar surface area (TPSA) is 34.1 Å². The van der Waals surface area contributed by atoms with Crippen molar-refractivity contribution < 1.29 is 4.74 Å². The van der Waals surface area contributed by atoms with Crippen molar-refractivity contribution in [3.05, 3.63) is 53.3 Å². The number of nitrogens with one attached hydrogen (secondary N) is 1. The van der Waals surface area contributed by atoms with Gasteiger partial charge in [-0.25, -0.2) is 0 Å². The van der Waals surface area contributed by atoms with Gasteiger partial charge in [0.15, 0.2) is 0 Å². The Kier molecular flexibility index (Phi) is 3.96. The van der Waals surface area contributed by atoms with Crippen LogP contribution in [0.2, 0.25) is 5.02 Å². The maximum atomic E-state index is 6.14. The van der Waals surface area contributed by atoms with Crippen molar-refractivity contribution in [1.82, 2.24) is 10.3 Å². The SMILES string of the molecule is CNCc1c(Cl)cccc1Oc1cccnc1. The first kappa shape index (κ1) is 11.9. The highest BCUT2D eigenvalue weighted by atomic mass is 35.5. The van der Waals surface area contributed by atoms with Crippen molar-refractivity contribution in [2.45, 2.75) is 6.54 Å². The van der Waals surface area contributed by atoms with Crippen LogP contribution in [-0.4, -0.2) is 12.0 Å². The standard InChI is InChI=1S/C13H13ClN2O/c1-15-9-11-12(14)5-2-6-13(11)17-10-4-3-7-16-8-10/h2-8,15H,9H2,1H3. The van der Waals surface area contributed by atoms with Crippen LogP contribution in [0.4, 0.5) is 0 Å². The number of aromatic nitrogens is 1. The molecule has 0 aliphatic rings. The Hall–Kier alpha value is -1.58. The zero-order valence-electron chi connectivity index (χ0n) is 9.48. The number of pyridine rings is 1. The summed E-state index contributed by atoms with van der Waals surface area (Å²) in [5.74, 6) is 1.45. The van der Waals surface area contributed by atoms with E-state index in [1.165, 1.54) is 0 Å². The number of nitrogens with zero attached hydrogens (tertiary/aromatic N) is 1.